The summed E-state index contributed by atoms with van der Waals surface area (Å²) in [6, 6.07) is 8.11. The molecule has 1 heterocycles. The molecule has 2 rings (SSSR count). The SMILES string of the molecule is CCc1ccc(NC(N)=NCc2nncn2C)cc1.I. The molecule has 0 bridgehead atoms. The van der Waals surface area contributed by atoms with E-state index in [1.54, 1.807) is 6.33 Å². The molecule has 108 valence electrons. The molecule has 0 amide bonds. The van der Waals surface area contributed by atoms with E-state index in [2.05, 4.69) is 39.6 Å². The highest BCUT2D eigenvalue weighted by atomic mass is 127. The highest BCUT2D eigenvalue weighted by Crippen LogP contribution is 2.09. The minimum absolute atomic E-state index is 0. The quantitative estimate of drug-likeness (QED) is 0.478. The fraction of sp³-hybridized carbons (Fsp3) is 0.308. The lowest BCUT2D eigenvalue weighted by Crippen LogP contribution is -2.22. The molecule has 2 aromatic rings. The predicted molar refractivity (Wildman–Crippen MR) is 91.2 cm³/mol. The number of guanidine groups is 1. The lowest BCUT2D eigenvalue weighted by molar-refractivity contribution is 0.792. The fourth-order valence-electron chi connectivity index (χ4n) is 1.62. The minimum atomic E-state index is 0. The number of halogens is 1. The molecule has 20 heavy (non-hydrogen) atoms. The Morgan fingerprint density at radius 3 is 2.60 bits per heavy atom. The van der Waals surface area contributed by atoms with Gasteiger partial charge in [-0.15, -0.1) is 34.2 Å². The first-order chi connectivity index (χ1) is 9.19. The molecule has 0 radical (unpaired) electrons. The lowest BCUT2D eigenvalue weighted by atomic mass is 10.1. The van der Waals surface area contributed by atoms with Gasteiger partial charge in [0.1, 0.15) is 12.9 Å². The zero-order chi connectivity index (χ0) is 13.7. The Kier molecular flexibility index (Phi) is 6.43. The largest absolute Gasteiger partial charge is 0.370 e. The lowest BCUT2D eigenvalue weighted by Gasteiger charge is -2.06. The van der Waals surface area contributed by atoms with Gasteiger partial charge in [0.2, 0.25) is 0 Å². The van der Waals surface area contributed by atoms with Gasteiger partial charge in [-0.1, -0.05) is 19.1 Å². The molecule has 0 atom stereocenters. The van der Waals surface area contributed by atoms with Gasteiger partial charge in [-0.05, 0) is 24.1 Å². The number of rotatable bonds is 4. The summed E-state index contributed by atoms with van der Waals surface area (Å²) in [4.78, 5) is 4.23. The van der Waals surface area contributed by atoms with Gasteiger partial charge in [-0.25, -0.2) is 4.99 Å². The third-order valence-electron chi connectivity index (χ3n) is 2.83. The maximum absolute atomic E-state index is 5.82. The van der Waals surface area contributed by atoms with Crippen molar-refractivity contribution in [3.63, 3.8) is 0 Å². The molecular weight excluding hydrogens is 367 g/mol. The van der Waals surface area contributed by atoms with E-state index in [-0.39, 0.29) is 24.0 Å². The van der Waals surface area contributed by atoms with Gasteiger partial charge in [-0.2, -0.15) is 0 Å². The summed E-state index contributed by atoms with van der Waals surface area (Å²) < 4.78 is 1.81. The van der Waals surface area contributed by atoms with Crippen LogP contribution in [0.3, 0.4) is 0 Å². The van der Waals surface area contributed by atoms with E-state index in [0.29, 0.717) is 12.5 Å². The van der Waals surface area contributed by atoms with Crippen molar-refractivity contribution in [2.45, 2.75) is 19.9 Å². The van der Waals surface area contributed by atoms with E-state index in [0.717, 1.165) is 17.9 Å². The molecule has 0 spiro atoms. The van der Waals surface area contributed by atoms with Crippen molar-refractivity contribution in [1.29, 1.82) is 0 Å². The van der Waals surface area contributed by atoms with Crippen LogP contribution < -0.4 is 11.1 Å². The van der Waals surface area contributed by atoms with Crippen LogP contribution in [0.25, 0.3) is 0 Å². The van der Waals surface area contributed by atoms with E-state index in [1.807, 2.05) is 23.7 Å². The van der Waals surface area contributed by atoms with Crippen molar-refractivity contribution in [2.24, 2.45) is 17.8 Å². The Balaban J connectivity index is 0.00000200. The second kappa shape index (κ2) is 7.83. The molecule has 0 aliphatic rings. The number of aliphatic imine (C=N–C) groups is 1. The molecule has 1 aromatic heterocycles. The molecule has 1 aromatic carbocycles. The van der Waals surface area contributed by atoms with Crippen molar-refractivity contribution in [2.75, 3.05) is 5.32 Å². The molecule has 0 aliphatic heterocycles. The molecule has 0 unspecified atom stereocenters. The number of nitrogens with zero attached hydrogens (tertiary/aromatic N) is 4. The number of nitrogens with one attached hydrogen (secondary N) is 1. The number of nitrogens with two attached hydrogens (primary N) is 1. The van der Waals surface area contributed by atoms with E-state index in [1.165, 1.54) is 5.56 Å². The van der Waals surface area contributed by atoms with E-state index >= 15 is 0 Å². The molecule has 0 saturated carbocycles. The van der Waals surface area contributed by atoms with Crippen molar-refractivity contribution < 1.29 is 0 Å². The van der Waals surface area contributed by atoms with Crippen LogP contribution in [0.4, 0.5) is 5.69 Å². The molecule has 3 N–H and O–H groups in total. The van der Waals surface area contributed by atoms with Gasteiger partial charge >= 0.3 is 0 Å². The van der Waals surface area contributed by atoms with Crippen LogP contribution in [0.5, 0.6) is 0 Å². The van der Waals surface area contributed by atoms with E-state index < -0.39 is 0 Å². The van der Waals surface area contributed by atoms with Crippen LogP contribution in [0.2, 0.25) is 0 Å². The van der Waals surface area contributed by atoms with Crippen LogP contribution in [0.1, 0.15) is 18.3 Å². The van der Waals surface area contributed by atoms with Gasteiger partial charge in [0.05, 0.1) is 0 Å². The standard InChI is InChI=1S/C13H18N6.HI/c1-3-10-4-6-11(7-5-10)17-13(14)15-8-12-18-16-9-19(12)2;/h4-7,9H,3,8H2,1-2H3,(H3,14,15,17);1H. The Morgan fingerprint density at radius 2 is 2.05 bits per heavy atom. The number of aromatic nitrogens is 3. The van der Waals surface area contributed by atoms with Crippen LogP contribution >= 0.6 is 24.0 Å². The second-order valence-corrected chi connectivity index (χ2v) is 4.24. The zero-order valence-electron chi connectivity index (χ0n) is 11.6. The van der Waals surface area contributed by atoms with Gasteiger partial charge < -0.3 is 15.6 Å². The number of anilines is 1. The van der Waals surface area contributed by atoms with Crippen molar-refractivity contribution >= 4 is 35.6 Å². The number of aryl methyl sites for hydroxylation is 2. The summed E-state index contributed by atoms with van der Waals surface area (Å²) >= 11 is 0. The molecule has 0 fully saturated rings. The van der Waals surface area contributed by atoms with Crippen LogP contribution in [0.15, 0.2) is 35.6 Å². The highest BCUT2D eigenvalue weighted by Gasteiger charge is 2.00. The summed E-state index contributed by atoms with van der Waals surface area (Å²) in [6.45, 7) is 2.53. The molecular formula is C13H19IN6. The monoisotopic (exact) mass is 386 g/mol. The fourth-order valence-corrected chi connectivity index (χ4v) is 1.62. The van der Waals surface area contributed by atoms with Gasteiger partial charge in [-0.3, -0.25) is 0 Å². The zero-order valence-corrected chi connectivity index (χ0v) is 13.9. The summed E-state index contributed by atoms with van der Waals surface area (Å²) in [5, 5.41) is 10.8. The number of benzene rings is 1. The maximum atomic E-state index is 5.82. The van der Waals surface area contributed by atoms with Crippen LogP contribution in [0, 0.1) is 0 Å². The van der Waals surface area contributed by atoms with Gasteiger partial charge in [0.15, 0.2) is 11.8 Å². The predicted octanol–water partition coefficient (Wildman–Crippen LogP) is 1.92. The van der Waals surface area contributed by atoms with E-state index in [9.17, 15) is 0 Å². The van der Waals surface area contributed by atoms with Crippen molar-refractivity contribution in [3.05, 3.63) is 42.0 Å². The highest BCUT2D eigenvalue weighted by molar-refractivity contribution is 14.0. The van der Waals surface area contributed by atoms with Crippen LogP contribution in [-0.4, -0.2) is 20.7 Å². The Bertz CT molecular complexity index is 560. The smallest absolute Gasteiger partial charge is 0.193 e. The Labute approximate surface area is 135 Å². The van der Waals surface area contributed by atoms with E-state index in [4.69, 9.17) is 5.73 Å². The normalized spacial score (nSPS) is 11.0. The molecule has 0 aliphatic carbocycles. The van der Waals surface area contributed by atoms with Crippen LogP contribution in [-0.2, 0) is 20.0 Å². The van der Waals surface area contributed by atoms with Gasteiger partial charge in [0, 0.05) is 12.7 Å². The second-order valence-electron chi connectivity index (χ2n) is 4.24. The number of hydrogen-bond acceptors (Lipinski definition) is 3. The Morgan fingerprint density at radius 1 is 1.35 bits per heavy atom. The van der Waals surface area contributed by atoms with Gasteiger partial charge in [0.25, 0.3) is 0 Å². The summed E-state index contributed by atoms with van der Waals surface area (Å²) in [5.41, 5.74) is 8.04. The molecule has 7 heteroatoms. The molecule has 0 saturated heterocycles. The van der Waals surface area contributed by atoms with Crippen molar-refractivity contribution in [1.82, 2.24) is 14.8 Å². The topological polar surface area (TPSA) is 81.1 Å². The molecule has 6 nitrogen and oxygen atoms in total. The summed E-state index contributed by atoms with van der Waals surface area (Å²) in [6.07, 6.45) is 2.66. The average molecular weight is 386 g/mol. The first kappa shape index (κ1) is 16.4. The summed E-state index contributed by atoms with van der Waals surface area (Å²) in [7, 11) is 1.87. The summed E-state index contributed by atoms with van der Waals surface area (Å²) in [5.74, 6) is 1.14. The third kappa shape index (κ3) is 4.48. The van der Waals surface area contributed by atoms with Crippen molar-refractivity contribution in [3.8, 4) is 0 Å². The first-order valence-corrected chi connectivity index (χ1v) is 6.17. The minimum Gasteiger partial charge on any atom is -0.370 e. The average Bonchev–Trinajstić information content (AvgIpc) is 2.83. The number of hydrogen-bond donors (Lipinski definition) is 2. The maximum Gasteiger partial charge on any atom is 0.193 e. The Hall–Kier alpha value is -1.64. The third-order valence-corrected chi connectivity index (χ3v) is 2.83. The first-order valence-electron chi connectivity index (χ1n) is 6.17.